The second-order valence-electron chi connectivity index (χ2n) is 8.07. The number of methoxy groups -OCH3 is 1. The van der Waals surface area contributed by atoms with Crippen molar-refractivity contribution in [3.8, 4) is 0 Å². The molecule has 0 aliphatic carbocycles. The van der Waals surface area contributed by atoms with Crippen LogP contribution in [0.4, 0.5) is 17.5 Å². The van der Waals surface area contributed by atoms with Crippen LogP contribution in [0.2, 0.25) is 0 Å². The number of aryl methyl sites for hydroxylation is 1. The lowest BCUT2D eigenvalue weighted by atomic mass is 9.97. The molecule has 1 saturated heterocycles. The Morgan fingerprint density at radius 1 is 1.32 bits per heavy atom. The highest BCUT2D eigenvalue weighted by Gasteiger charge is 2.33. The van der Waals surface area contributed by atoms with E-state index in [1.54, 1.807) is 37.4 Å². The van der Waals surface area contributed by atoms with Gasteiger partial charge in [0.05, 0.1) is 30.4 Å². The van der Waals surface area contributed by atoms with Crippen LogP contribution in [0, 0.1) is 0 Å². The van der Waals surface area contributed by atoms with E-state index in [4.69, 9.17) is 14.9 Å². The molecule has 3 aromatic heterocycles. The Hall–Kier alpha value is -4.25. The molecule has 3 N–H and O–H groups in total. The van der Waals surface area contributed by atoms with Crippen molar-refractivity contribution in [2.24, 2.45) is 12.8 Å². The maximum Gasteiger partial charge on any atom is 0.298 e. The van der Waals surface area contributed by atoms with E-state index in [0.717, 1.165) is 16.7 Å². The molecule has 11 nitrogen and oxygen atoms in total. The van der Waals surface area contributed by atoms with E-state index in [9.17, 15) is 4.79 Å². The van der Waals surface area contributed by atoms with E-state index in [2.05, 4.69) is 25.4 Å². The average Bonchev–Trinajstić information content (AvgIpc) is 3.39. The largest absolute Gasteiger partial charge is 0.423 e. The van der Waals surface area contributed by atoms with Gasteiger partial charge in [-0.15, -0.1) is 0 Å². The van der Waals surface area contributed by atoms with Crippen LogP contribution in [0.25, 0.3) is 17.2 Å². The van der Waals surface area contributed by atoms with Crippen LogP contribution in [0.1, 0.15) is 27.7 Å². The van der Waals surface area contributed by atoms with Gasteiger partial charge in [-0.1, -0.05) is 18.2 Å². The summed E-state index contributed by atoms with van der Waals surface area (Å²) in [7, 11) is 3.46. The number of primary amides is 1. The van der Waals surface area contributed by atoms with Gasteiger partial charge in [0.15, 0.2) is 17.1 Å². The fourth-order valence-corrected chi connectivity index (χ4v) is 3.76. The van der Waals surface area contributed by atoms with Crippen molar-refractivity contribution in [3.05, 3.63) is 59.8 Å². The Balaban J connectivity index is 1.29. The number of nitrogens with two attached hydrogens (primary N) is 1. The number of carbonyl (C=O) groups is 1. The zero-order valence-corrected chi connectivity index (χ0v) is 18.8. The molecule has 0 bridgehead atoms. The lowest BCUT2D eigenvalue weighted by molar-refractivity contribution is 0.0995. The topological polar surface area (TPSA) is 137 Å². The monoisotopic (exact) mass is 460 g/mol. The smallest absolute Gasteiger partial charge is 0.298 e. The number of carbonyl (C=O) groups excluding carboxylic acids is 1. The number of oxazole rings is 1. The van der Waals surface area contributed by atoms with Gasteiger partial charge in [0, 0.05) is 39.4 Å². The number of aromatic nitrogens is 5. The van der Waals surface area contributed by atoms with Crippen LogP contribution in [-0.4, -0.2) is 57.4 Å². The Kier molecular flexibility index (Phi) is 5.68. The highest BCUT2D eigenvalue weighted by atomic mass is 16.5. The second-order valence-corrected chi connectivity index (χ2v) is 8.07. The quantitative estimate of drug-likeness (QED) is 0.406. The minimum atomic E-state index is -0.647. The van der Waals surface area contributed by atoms with E-state index in [0.29, 0.717) is 42.9 Å². The van der Waals surface area contributed by atoms with Crippen LogP contribution >= 0.6 is 0 Å². The van der Waals surface area contributed by atoms with Gasteiger partial charge in [0.2, 0.25) is 0 Å². The van der Waals surface area contributed by atoms with Gasteiger partial charge >= 0.3 is 0 Å². The number of amides is 1. The molecule has 1 aromatic carbocycles. The van der Waals surface area contributed by atoms with Crippen molar-refractivity contribution in [1.29, 1.82) is 0 Å². The van der Waals surface area contributed by atoms with E-state index < -0.39 is 5.91 Å². The van der Waals surface area contributed by atoms with Crippen LogP contribution in [-0.2, 0) is 11.8 Å². The fourth-order valence-electron chi connectivity index (χ4n) is 3.76. The zero-order valence-electron chi connectivity index (χ0n) is 18.8. The second kappa shape index (κ2) is 8.94. The van der Waals surface area contributed by atoms with Crippen molar-refractivity contribution < 1.29 is 13.9 Å². The van der Waals surface area contributed by atoms with E-state index >= 15 is 0 Å². The van der Waals surface area contributed by atoms with Gasteiger partial charge in [-0.05, 0) is 17.7 Å². The van der Waals surface area contributed by atoms with Crippen LogP contribution in [0.3, 0.4) is 0 Å². The van der Waals surface area contributed by atoms with Crippen molar-refractivity contribution in [2.75, 3.05) is 37.0 Å². The molecule has 1 fully saturated rings. The molecule has 11 heteroatoms. The third-order valence-electron chi connectivity index (χ3n) is 5.54. The summed E-state index contributed by atoms with van der Waals surface area (Å²) in [4.78, 5) is 27.5. The van der Waals surface area contributed by atoms with E-state index in [-0.39, 0.29) is 11.6 Å². The summed E-state index contributed by atoms with van der Waals surface area (Å²) in [5, 5.41) is 7.13. The van der Waals surface area contributed by atoms with Gasteiger partial charge in [0.25, 0.3) is 11.9 Å². The predicted molar refractivity (Wildman–Crippen MR) is 127 cm³/mol. The van der Waals surface area contributed by atoms with Crippen molar-refractivity contribution in [1.82, 2.24) is 24.7 Å². The molecule has 0 radical (unpaired) electrons. The molecule has 4 aromatic rings. The number of hydrogen-bond acceptors (Lipinski definition) is 9. The molecule has 174 valence electrons. The maximum absolute atomic E-state index is 12.0. The maximum atomic E-state index is 12.0. The number of rotatable bonds is 8. The summed E-state index contributed by atoms with van der Waals surface area (Å²) in [6.45, 7) is 1.85. The lowest BCUT2D eigenvalue weighted by Gasteiger charge is -2.37. The predicted octanol–water partition coefficient (Wildman–Crippen LogP) is 2.46. The first-order chi connectivity index (χ1) is 16.5. The van der Waals surface area contributed by atoms with Crippen molar-refractivity contribution in [2.45, 2.75) is 5.92 Å². The SMILES string of the molecule is COC/C=C/c1ccc2nc(N3CC(c4cnc(Nc5cnn(C)c5)c(C(N)=O)n4)C3)oc2c1. The summed E-state index contributed by atoms with van der Waals surface area (Å²) in [5.74, 6) is -0.262. The standard InChI is InChI=1S/C23H24N8O3/c1-30-13-16(9-26-30)27-22-20(21(24)32)28-18(10-25-22)15-11-31(12-15)23-29-17-6-5-14(4-3-7-33-2)8-19(17)34-23/h3-6,8-10,13,15H,7,11-12H2,1-2H3,(H2,24,32)(H,25,27)/b4-3+. The molecule has 0 spiro atoms. The van der Waals surface area contributed by atoms with Gasteiger partial charge in [0.1, 0.15) is 5.52 Å². The first-order valence-corrected chi connectivity index (χ1v) is 10.7. The Bertz CT molecular complexity index is 1370. The van der Waals surface area contributed by atoms with Crippen LogP contribution < -0.4 is 16.0 Å². The third kappa shape index (κ3) is 4.33. The molecule has 1 aliphatic rings. The normalized spacial score (nSPS) is 14.1. The summed E-state index contributed by atoms with van der Waals surface area (Å²) >= 11 is 0. The Morgan fingerprint density at radius 3 is 2.91 bits per heavy atom. The molecule has 0 atom stereocenters. The molecule has 0 saturated carbocycles. The minimum absolute atomic E-state index is 0.0839. The van der Waals surface area contributed by atoms with Gasteiger partial charge in [-0.3, -0.25) is 9.48 Å². The molecule has 5 rings (SSSR count). The minimum Gasteiger partial charge on any atom is -0.423 e. The van der Waals surface area contributed by atoms with Crippen molar-refractivity contribution in [3.63, 3.8) is 0 Å². The molecule has 1 amide bonds. The lowest BCUT2D eigenvalue weighted by Crippen LogP contribution is -2.45. The summed E-state index contributed by atoms with van der Waals surface area (Å²) < 4.78 is 12.7. The molecule has 34 heavy (non-hydrogen) atoms. The Morgan fingerprint density at radius 2 is 2.18 bits per heavy atom. The number of fused-ring (bicyclic) bond motifs is 1. The summed E-state index contributed by atoms with van der Waals surface area (Å²) in [5.41, 5.74) is 9.58. The fraction of sp³-hybridized carbons (Fsp3) is 0.261. The summed E-state index contributed by atoms with van der Waals surface area (Å²) in [6.07, 6.45) is 8.98. The third-order valence-corrected chi connectivity index (χ3v) is 5.54. The van der Waals surface area contributed by atoms with Gasteiger partial charge in [-0.2, -0.15) is 10.1 Å². The molecule has 4 heterocycles. The number of nitrogens with zero attached hydrogens (tertiary/aromatic N) is 6. The van der Waals surface area contributed by atoms with Crippen LogP contribution in [0.5, 0.6) is 0 Å². The number of ether oxygens (including phenoxy) is 1. The Labute approximate surface area is 195 Å². The van der Waals surface area contributed by atoms with Gasteiger partial charge in [-0.25, -0.2) is 9.97 Å². The zero-order chi connectivity index (χ0) is 23.7. The molecular formula is C23H24N8O3. The van der Waals surface area contributed by atoms with Crippen molar-refractivity contribution >= 4 is 40.6 Å². The number of hydrogen-bond donors (Lipinski definition) is 2. The highest BCUT2D eigenvalue weighted by molar-refractivity contribution is 5.96. The molecule has 1 aliphatic heterocycles. The number of benzene rings is 1. The highest BCUT2D eigenvalue weighted by Crippen LogP contribution is 2.33. The average molecular weight is 460 g/mol. The molecular weight excluding hydrogens is 436 g/mol. The number of anilines is 3. The molecule has 0 unspecified atom stereocenters. The first-order valence-electron chi connectivity index (χ1n) is 10.7. The first kappa shape index (κ1) is 21.6. The van der Waals surface area contributed by atoms with Gasteiger partial charge < -0.3 is 25.1 Å². The van der Waals surface area contributed by atoms with E-state index in [1.165, 1.54) is 0 Å². The summed E-state index contributed by atoms with van der Waals surface area (Å²) in [6, 6.07) is 6.43. The number of nitrogens with one attached hydrogen (secondary N) is 1. The van der Waals surface area contributed by atoms with Crippen LogP contribution in [0.15, 0.2) is 47.3 Å². The van der Waals surface area contributed by atoms with E-state index in [1.807, 2.05) is 35.3 Å².